The van der Waals surface area contributed by atoms with Crippen LogP contribution in [0.2, 0.25) is 0 Å². The summed E-state index contributed by atoms with van der Waals surface area (Å²) < 4.78 is 16.5. The highest BCUT2D eigenvalue weighted by atomic mass is 16.6. The third-order valence-corrected chi connectivity index (χ3v) is 5.73. The van der Waals surface area contributed by atoms with E-state index in [9.17, 15) is 9.59 Å². The fourth-order valence-corrected chi connectivity index (χ4v) is 3.86. The van der Waals surface area contributed by atoms with Gasteiger partial charge in [-0.25, -0.2) is 0 Å². The van der Waals surface area contributed by atoms with E-state index in [-0.39, 0.29) is 11.8 Å². The average Bonchev–Trinajstić information content (AvgIpc) is 2.89. The van der Waals surface area contributed by atoms with Gasteiger partial charge in [0.15, 0.2) is 11.5 Å². The minimum Gasteiger partial charge on any atom is -0.496 e. The summed E-state index contributed by atoms with van der Waals surface area (Å²) in [5.74, 6) is 1.23. The molecule has 8 heteroatoms. The van der Waals surface area contributed by atoms with Crippen LogP contribution >= 0.6 is 0 Å². The number of nitrogens with zero attached hydrogens (tertiary/aromatic N) is 1. The number of carbonyl (C=O) groups is 2. The second-order valence-corrected chi connectivity index (χ2v) is 8.04. The lowest BCUT2D eigenvalue weighted by Crippen LogP contribution is -2.17. The maximum atomic E-state index is 13.0. The van der Waals surface area contributed by atoms with E-state index in [1.807, 2.05) is 13.0 Å². The summed E-state index contributed by atoms with van der Waals surface area (Å²) in [4.78, 5) is 30.1. The molecule has 3 aromatic carbocycles. The molecule has 0 saturated heterocycles. The molecular formula is C27H23N3O5. The number of aryl methyl sites for hydroxylation is 1. The van der Waals surface area contributed by atoms with Gasteiger partial charge >= 0.3 is 0 Å². The lowest BCUT2D eigenvalue weighted by atomic mass is 10.1. The van der Waals surface area contributed by atoms with Gasteiger partial charge in [-0.05, 0) is 67.1 Å². The molecule has 35 heavy (non-hydrogen) atoms. The topological polar surface area (TPSA) is 98.8 Å². The maximum Gasteiger partial charge on any atom is 0.255 e. The van der Waals surface area contributed by atoms with Crippen molar-refractivity contribution in [1.29, 1.82) is 0 Å². The Morgan fingerprint density at radius 2 is 1.60 bits per heavy atom. The highest BCUT2D eigenvalue weighted by molar-refractivity contribution is 6.08. The van der Waals surface area contributed by atoms with Crippen molar-refractivity contribution in [2.45, 2.75) is 6.92 Å². The molecule has 0 saturated carbocycles. The van der Waals surface area contributed by atoms with E-state index in [4.69, 9.17) is 14.2 Å². The quantitative estimate of drug-likeness (QED) is 0.435. The van der Waals surface area contributed by atoms with Crippen molar-refractivity contribution >= 4 is 34.1 Å². The molecule has 2 heterocycles. The Morgan fingerprint density at radius 3 is 2.43 bits per heavy atom. The molecule has 1 aliphatic rings. The molecule has 2 amide bonds. The van der Waals surface area contributed by atoms with Crippen molar-refractivity contribution in [2.75, 3.05) is 31.0 Å². The third-order valence-electron chi connectivity index (χ3n) is 5.73. The highest BCUT2D eigenvalue weighted by Crippen LogP contribution is 2.31. The molecule has 2 N–H and O–H groups in total. The van der Waals surface area contributed by atoms with Crippen molar-refractivity contribution in [3.8, 4) is 17.2 Å². The molecule has 0 unspecified atom stereocenters. The summed E-state index contributed by atoms with van der Waals surface area (Å²) in [6.45, 7) is 2.81. The number of benzene rings is 3. The van der Waals surface area contributed by atoms with Crippen molar-refractivity contribution in [1.82, 2.24) is 4.98 Å². The number of ether oxygens (including phenoxy) is 3. The van der Waals surface area contributed by atoms with Crippen LogP contribution in [0.1, 0.15) is 26.3 Å². The van der Waals surface area contributed by atoms with Gasteiger partial charge in [0.25, 0.3) is 11.8 Å². The summed E-state index contributed by atoms with van der Waals surface area (Å²) in [6, 6.07) is 17.4. The molecule has 0 bridgehead atoms. The molecule has 0 radical (unpaired) electrons. The number of aromatic nitrogens is 1. The van der Waals surface area contributed by atoms with E-state index in [1.54, 1.807) is 67.9 Å². The molecule has 4 aromatic rings. The Balaban J connectivity index is 1.34. The number of nitrogens with one attached hydrogen (secondary N) is 2. The number of methoxy groups -OCH3 is 1. The first-order chi connectivity index (χ1) is 17.0. The van der Waals surface area contributed by atoms with Gasteiger partial charge in [-0.3, -0.25) is 14.6 Å². The van der Waals surface area contributed by atoms with E-state index in [0.29, 0.717) is 53.0 Å². The van der Waals surface area contributed by atoms with Gasteiger partial charge in [0.1, 0.15) is 19.0 Å². The third kappa shape index (κ3) is 4.59. The fourth-order valence-electron chi connectivity index (χ4n) is 3.86. The molecule has 5 rings (SSSR count). The van der Waals surface area contributed by atoms with Crippen LogP contribution in [0.5, 0.6) is 17.2 Å². The zero-order valence-corrected chi connectivity index (χ0v) is 19.3. The number of carbonyl (C=O) groups excluding carboxylic acids is 2. The number of anilines is 2. The lowest BCUT2D eigenvalue weighted by Gasteiger charge is -2.18. The Labute approximate surface area is 201 Å². The van der Waals surface area contributed by atoms with E-state index in [2.05, 4.69) is 15.6 Å². The summed E-state index contributed by atoms with van der Waals surface area (Å²) in [5.41, 5.74) is 3.65. The normalized spacial score (nSPS) is 12.2. The Kier molecular flexibility index (Phi) is 5.93. The van der Waals surface area contributed by atoms with Crippen LogP contribution in [-0.2, 0) is 0 Å². The molecule has 0 atom stereocenters. The average molecular weight is 469 g/mol. The molecule has 176 valence electrons. The molecule has 8 nitrogen and oxygen atoms in total. The van der Waals surface area contributed by atoms with Gasteiger partial charge in [0, 0.05) is 34.1 Å². The van der Waals surface area contributed by atoms with Crippen molar-refractivity contribution in [2.24, 2.45) is 0 Å². The van der Waals surface area contributed by atoms with Crippen LogP contribution in [0.4, 0.5) is 11.4 Å². The predicted octanol–water partition coefficient (Wildman–Crippen LogP) is 4.83. The zero-order chi connectivity index (χ0) is 24.4. The molecule has 0 fully saturated rings. The minimum absolute atomic E-state index is 0.281. The predicted molar refractivity (Wildman–Crippen MR) is 133 cm³/mol. The second-order valence-electron chi connectivity index (χ2n) is 8.04. The van der Waals surface area contributed by atoms with Crippen LogP contribution in [0.3, 0.4) is 0 Å². The van der Waals surface area contributed by atoms with Crippen LogP contribution in [0, 0.1) is 6.92 Å². The van der Waals surface area contributed by atoms with Crippen LogP contribution in [0.15, 0.2) is 66.9 Å². The summed E-state index contributed by atoms with van der Waals surface area (Å²) >= 11 is 0. The smallest absolute Gasteiger partial charge is 0.255 e. The molecule has 1 aromatic heterocycles. The Bertz CT molecular complexity index is 1450. The molecular weight excluding hydrogens is 446 g/mol. The summed E-state index contributed by atoms with van der Waals surface area (Å²) in [5, 5.41) is 6.56. The number of hydrogen-bond acceptors (Lipinski definition) is 6. The van der Waals surface area contributed by atoms with Gasteiger partial charge in [-0.15, -0.1) is 0 Å². The van der Waals surface area contributed by atoms with E-state index in [0.717, 1.165) is 16.5 Å². The van der Waals surface area contributed by atoms with Crippen LogP contribution in [-0.4, -0.2) is 37.1 Å². The summed E-state index contributed by atoms with van der Waals surface area (Å²) in [7, 11) is 1.58. The Morgan fingerprint density at radius 1 is 0.857 bits per heavy atom. The fraction of sp³-hybridized carbons (Fsp3) is 0.148. The largest absolute Gasteiger partial charge is 0.496 e. The first-order valence-electron chi connectivity index (χ1n) is 11.1. The number of amides is 2. The number of rotatable bonds is 5. The molecule has 1 aliphatic heterocycles. The first kappa shape index (κ1) is 22.2. The van der Waals surface area contributed by atoms with Crippen molar-refractivity contribution in [3.63, 3.8) is 0 Å². The Hall–Kier alpha value is -4.59. The standard InChI is InChI=1S/C27H23N3O5/c1-16-3-6-19(29-26(31)18-5-8-24-25(14-18)35-12-11-34-24)15-22(16)30-27(32)17-4-7-21-20(13-17)23(33-2)9-10-28-21/h3-10,13-15H,11-12H2,1-2H3,(H,29,31)(H,30,32). The van der Waals surface area contributed by atoms with E-state index >= 15 is 0 Å². The van der Waals surface area contributed by atoms with Gasteiger partial charge in [0.05, 0.1) is 12.6 Å². The van der Waals surface area contributed by atoms with Crippen molar-refractivity contribution < 1.29 is 23.8 Å². The second kappa shape index (κ2) is 9.34. The maximum absolute atomic E-state index is 13.0. The SMILES string of the molecule is COc1ccnc2ccc(C(=O)Nc3cc(NC(=O)c4ccc5c(c4)OCCO5)ccc3C)cc12. The number of hydrogen-bond donors (Lipinski definition) is 2. The van der Waals surface area contributed by atoms with Crippen molar-refractivity contribution in [3.05, 3.63) is 83.6 Å². The number of pyridine rings is 1. The zero-order valence-electron chi connectivity index (χ0n) is 19.3. The van der Waals surface area contributed by atoms with E-state index < -0.39 is 0 Å². The van der Waals surface area contributed by atoms with Gasteiger partial charge < -0.3 is 24.8 Å². The van der Waals surface area contributed by atoms with Gasteiger partial charge in [0.2, 0.25) is 0 Å². The summed E-state index contributed by atoms with van der Waals surface area (Å²) in [6.07, 6.45) is 1.66. The van der Waals surface area contributed by atoms with Crippen LogP contribution in [0.25, 0.3) is 10.9 Å². The minimum atomic E-state index is -0.294. The van der Waals surface area contributed by atoms with Gasteiger partial charge in [-0.2, -0.15) is 0 Å². The monoisotopic (exact) mass is 469 g/mol. The highest BCUT2D eigenvalue weighted by Gasteiger charge is 2.16. The molecule has 0 spiro atoms. The first-order valence-corrected chi connectivity index (χ1v) is 11.1. The number of fused-ring (bicyclic) bond motifs is 2. The van der Waals surface area contributed by atoms with Crippen LogP contribution < -0.4 is 24.8 Å². The van der Waals surface area contributed by atoms with E-state index in [1.165, 1.54) is 0 Å². The van der Waals surface area contributed by atoms with Gasteiger partial charge in [-0.1, -0.05) is 6.07 Å². The molecule has 0 aliphatic carbocycles. The lowest BCUT2D eigenvalue weighted by molar-refractivity contribution is 0.101.